The van der Waals surface area contributed by atoms with Crippen LogP contribution in [0.1, 0.15) is 17.5 Å². The molecule has 0 heterocycles. The van der Waals surface area contributed by atoms with E-state index >= 15 is 0 Å². The Morgan fingerprint density at radius 1 is 0.885 bits per heavy atom. The van der Waals surface area contributed by atoms with E-state index in [2.05, 4.69) is 24.3 Å². The highest BCUT2D eigenvalue weighted by Gasteiger charge is 2.06. The Morgan fingerprint density at radius 2 is 1.65 bits per heavy atom. The summed E-state index contributed by atoms with van der Waals surface area (Å²) in [5.74, 6) is -0.226. The molecule has 0 amide bonds. The molecule has 0 radical (unpaired) electrons. The average molecular weight is 367 g/mol. The number of halogens is 1. The molecule has 3 nitrogen and oxygen atoms in total. The first-order valence-electron chi connectivity index (χ1n) is 8.39. The van der Waals surface area contributed by atoms with Crippen LogP contribution in [0.3, 0.4) is 0 Å². The summed E-state index contributed by atoms with van der Waals surface area (Å²) in [7, 11) is 0. The van der Waals surface area contributed by atoms with Gasteiger partial charge in [-0.25, -0.2) is 0 Å². The van der Waals surface area contributed by atoms with Gasteiger partial charge in [-0.2, -0.15) is 0 Å². The first kappa shape index (κ1) is 18.0. The molecule has 4 heteroatoms. The van der Waals surface area contributed by atoms with Crippen molar-refractivity contribution in [3.63, 3.8) is 0 Å². The van der Waals surface area contributed by atoms with Gasteiger partial charge in [0.2, 0.25) is 0 Å². The fourth-order valence-corrected chi connectivity index (χ4v) is 2.96. The predicted molar refractivity (Wildman–Crippen MR) is 104 cm³/mol. The zero-order valence-electron chi connectivity index (χ0n) is 14.2. The molecule has 132 valence electrons. The minimum absolute atomic E-state index is 0.0861. The molecular weight excluding hydrogens is 348 g/mol. The number of hydrogen-bond donors (Lipinski definition) is 1. The van der Waals surface area contributed by atoms with Gasteiger partial charge in [-0.3, -0.25) is 4.79 Å². The van der Waals surface area contributed by atoms with E-state index < -0.39 is 5.97 Å². The normalized spacial score (nSPS) is 10.5. The minimum Gasteiger partial charge on any atom is -0.487 e. The van der Waals surface area contributed by atoms with E-state index in [0.717, 1.165) is 22.3 Å². The van der Waals surface area contributed by atoms with Crippen molar-refractivity contribution in [2.24, 2.45) is 0 Å². The second kappa shape index (κ2) is 8.54. The van der Waals surface area contributed by atoms with E-state index in [9.17, 15) is 4.79 Å². The number of ether oxygens (including phenoxy) is 1. The number of hydrogen-bond acceptors (Lipinski definition) is 2. The molecule has 1 N–H and O–H groups in total. The number of carboxylic acid groups (broad SMARTS) is 1. The maximum Gasteiger partial charge on any atom is 0.303 e. The fraction of sp³-hybridized carbons (Fsp3) is 0.136. The Bertz CT molecular complexity index is 891. The largest absolute Gasteiger partial charge is 0.487 e. The Hall–Kier alpha value is -2.78. The molecule has 0 aliphatic rings. The quantitative estimate of drug-likeness (QED) is 0.591. The SMILES string of the molecule is O=C(O)CCc1ccc(OCc2cccc(-c3ccccc3)c2)c(Cl)c1. The monoisotopic (exact) mass is 366 g/mol. The fourth-order valence-electron chi connectivity index (χ4n) is 2.70. The molecule has 0 aliphatic carbocycles. The van der Waals surface area contributed by atoms with Crippen molar-refractivity contribution >= 4 is 17.6 Å². The maximum absolute atomic E-state index is 10.7. The van der Waals surface area contributed by atoms with E-state index in [1.54, 1.807) is 12.1 Å². The highest BCUT2D eigenvalue weighted by Crippen LogP contribution is 2.27. The van der Waals surface area contributed by atoms with E-state index in [0.29, 0.717) is 23.8 Å². The molecule has 0 atom stereocenters. The second-order valence-electron chi connectivity index (χ2n) is 6.01. The molecule has 26 heavy (non-hydrogen) atoms. The summed E-state index contributed by atoms with van der Waals surface area (Å²) in [4.78, 5) is 10.7. The van der Waals surface area contributed by atoms with Crippen LogP contribution >= 0.6 is 11.6 Å². The lowest BCUT2D eigenvalue weighted by molar-refractivity contribution is -0.136. The van der Waals surface area contributed by atoms with Crippen LogP contribution in [0, 0.1) is 0 Å². The van der Waals surface area contributed by atoms with Crippen LogP contribution in [0.4, 0.5) is 0 Å². The number of carbonyl (C=O) groups is 1. The van der Waals surface area contributed by atoms with Gasteiger partial charge in [-0.05, 0) is 46.9 Å². The van der Waals surface area contributed by atoms with Gasteiger partial charge in [0.15, 0.2) is 0 Å². The Kier molecular flexibility index (Phi) is 5.92. The molecule has 0 fully saturated rings. The van der Waals surface area contributed by atoms with Crippen molar-refractivity contribution in [1.82, 2.24) is 0 Å². The average Bonchev–Trinajstić information content (AvgIpc) is 2.66. The summed E-state index contributed by atoms with van der Waals surface area (Å²) in [5.41, 5.74) is 4.24. The van der Waals surface area contributed by atoms with Crippen molar-refractivity contribution < 1.29 is 14.6 Å². The van der Waals surface area contributed by atoms with Crippen LogP contribution in [0.15, 0.2) is 72.8 Å². The molecule has 0 aliphatic heterocycles. The summed E-state index contributed by atoms with van der Waals surface area (Å²) in [5, 5.41) is 9.25. The number of carboxylic acids is 1. The molecule has 0 unspecified atom stereocenters. The van der Waals surface area contributed by atoms with Gasteiger partial charge in [-0.15, -0.1) is 0 Å². The summed E-state index contributed by atoms with van der Waals surface area (Å²) in [6.07, 6.45) is 0.539. The first-order valence-corrected chi connectivity index (χ1v) is 8.77. The number of benzene rings is 3. The number of aryl methyl sites for hydroxylation is 1. The molecule has 0 aromatic heterocycles. The van der Waals surface area contributed by atoms with Gasteiger partial charge < -0.3 is 9.84 Å². The molecule has 3 aromatic carbocycles. The second-order valence-corrected chi connectivity index (χ2v) is 6.42. The van der Waals surface area contributed by atoms with Gasteiger partial charge >= 0.3 is 5.97 Å². The molecule has 3 aromatic rings. The summed E-state index contributed by atoms with van der Waals surface area (Å²) >= 11 is 6.27. The van der Waals surface area contributed by atoms with Crippen molar-refractivity contribution in [3.05, 3.63) is 88.9 Å². The van der Waals surface area contributed by atoms with Crippen molar-refractivity contribution in [1.29, 1.82) is 0 Å². The van der Waals surface area contributed by atoms with Crippen molar-refractivity contribution in [3.8, 4) is 16.9 Å². The molecular formula is C22H19ClO3. The third kappa shape index (κ3) is 4.87. The van der Waals surface area contributed by atoms with E-state index in [-0.39, 0.29) is 6.42 Å². The maximum atomic E-state index is 10.7. The van der Waals surface area contributed by atoms with Gasteiger partial charge in [-0.1, -0.05) is 66.2 Å². The van der Waals surface area contributed by atoms with E-state index in [4.69, 9.17) is 21.4 Å². The smallest absolute Gasteiger partial charge is 0.303 e. The zero-order valence-corrected chi connectivity index (χ0v) is 14.9. The van der Waals surface area contributed by atoms with E-state index in [1.807, 2.05) is 36.4 Å². The Labute approximate surface area is 157 Å². The van der Waals surface area contributed by atoms with Gasteiger partial charge in [0.25, 0.3) is 0 Å². The topological polar surface area (TPSA) is 46.5 Å². The van der Waals surface area contributed by atoms with Crippen LogP contribution < -0.4 is 4.74 Å². The first-order chi connectivity index (χ1) is 12.6. The Morgan fingerprint density at radius 3 is 2.38 bits per heavy atom. The zero-order chi connectivity index (χ0) is 18.4. The third-order valence-corrected chi connectivity index (χ3v) is 4.35. The van der Waals surface area contributed by atoms with Crippen molar-refractivity contribution in [2.75, 3.05) is 0 Å². The third-order valence-electron chi connectivity index (χ3n) is 4.05. The predicted octanol–water partition coefficient (Wildman–Crippen LogP) is 5.60. The molecule has 0 bridgehead atoms. The Balaban J connectivity index is 1.67. The lowest BCUT2D eigenvalue weighted by atomic mass is 10.0. The van der Waals surface area contributed by atoms with Crippen molar-refractivity contribution in [2.45, 2.75) is 19.4 Å². The molecule has 0 saturated heterocycles. The van der Waals surface area contributed by atoms with Crippen LogP contribution in [-0.4, -0.2) is 11.1 Å². The highest BCUT2D eigenvalue weighted by atomic mass is 35.5. The molecule has 0 spiro atoms. The lowest BCUT2D eigenvalue weighted by Crippen LogP contribution is -1.99. The van der Waals surface area contributed by atoms with Crippen LogP contribution in [0.2, 0.25) is 5.02 Å². The summed E-state index contributed by atoms with van der Waals surface area (Å²) in [6.45, 7) is 0.412. The molecule has 3 rings (SSSR count). The summed E-state index contributed by atoms with van der Waals surface area (Å²) < 4.78 is 5.85. The molecule has 0 saturated carbocycles. The lowest BCUT2D eigenvalue weighted by Gasteiger charge is -2.11. The highest BCUT2D eigenvalue weighted by molar-refractivity contribution is 6.32. The number of rotatable bonds is 7. The van der Waals surface area contributed by atoms with Crippen LogP contribution in [0.5, 0.6) is 5.75 Å². The van der Waals surface area contributed by atoms with Gasteiger partial charge in [0.05, 0.1) is 5.02 Å². The van der Waals surface area contributed by atoms with Crippen LogP contribution in [-0.2, 0) is 17.8 Å². The number of aliphatic carboxylic acids is 1. The van der Waals surface area contributed by atoms with Gasteiger partial charge in [0.1, 0.15) is 12.4 Å². The van der Waals surface area contributed by atoms with Crippen LogP contribution in [0.25, 0.3) is 11.1 Å². The minimum atomic E-state index is -0.820. The van der Waals surface area contributed by atoms with Gasteiger partial charge in [0, 0.05) is 6.42 Å². The standard InChI is InChI=1S/C22H19ClO3/c23-20-14-16(10-12-22(24)25)9-11-21(20)26-15-17-5-4-8-19(13-17)18-6-2-1-3-7-18/h1-9,11,13-14H,10,12,15H2,(H,24,25). The van der Waals surface area contributed by atoms with E-state index in [1.165, 1.54) is 0 Å². The summed E-state index contributed by atoms with van der Waals surface area (Å²) in [6, 6.07) is 23.8.